The monoisotopic (exact) mass is 654 g/mol. The Morgan fingerprint density at radius 1 is 1.02 bits per heavy atom. The number of ether oxygens (including phenoxy) is 1. The second-order valence-electron chi connectivity index (χ2n) is 13.3. The van der Waals surface area contributed by atoms with Gasteiger partial charge in [-0.1, -0.05) is 13.0 Å². The number of aryl methyl sites for hydroxylation is 1. The lowest BCUT2D eigenvalue weighted by Gasteiger charge is -2.38. The normalized spacial score (nSPS) is 23.2. The highest BCUT2D eigenvalue weighted by Crippen LogP contribution is 2.44. The smallest absolute Gasteiger partial charge is 0.319 e. The summed E-state index contributed by atoms with van der Waals surface area (Å²) in [7, 11) is 0. The number of benzene rings is 3. The van der Waals surface area contributed by atoms with E-state index in [0.717, 1.165) is 12.5 Å². The molecule has 3 aromatic carbocycles. The summed E-state index contributed by atoms with van der Waals surface area (Å²) >= 11 is 0. The summed E-state index contributed by atoms with van der Waals surface area (Å²) in [6, 6.07) is 6.22. The molecule has 248 valence electrons. The van der Waals surface area contributed by atoms with Crippen molar-refractivity contribution in [2.45, 2.75) is 63.5 Å². The predicted molar refractivity (Wildman–Crippen MR) is 168 cm³/mol. The Bertz CT molecular complexity index is 1950. The Morgan fingerprint density at radius 3 is 2.55 bits per heavy atom. The van der Waals surface area contributed by atoms with Gasteiger partial charge in [-0.25, -0.2) is 13.2 Å². The van der Waals surface area contributed by atoms with Gasteiger partial charge in [0.2, 0.25) is 0 Å². The van der Waals surface area contributed by atoms with Gasteiger partial charge in [-0.15, -0.1) is 0 Å². The van der Waals surface area contributed by atoms with Crippen molar-refractivity contribution in [2.24, 2.45) is 0 Å². The molecular formula is C35H35F5N4O3. The number of β-amino-alcohol motifs (C(OH)–C–C–N with tert-alkyl or cyclic N) is 1. The van der Waals surface area contributed by atoms with Gasteiger partial charge in [0.05, 0.1) is 16.7 Å². The zero-order valence-corrected chi connectivity index (χ0v) is 26.1. The summed E-state index contributed by atoms with van der Waals surface area (Å²) in [4.78, 5) is 12.7. The van der Waals surface area contributed by atoms with Gasteiger partial charge in [0.15, 0.2) is 5.82 Å². The summed E-state index contributed by atoms with van der Waals surface area (Å²) in [5.41, 5.74) is -2.24. The lowest BCUT2D eigenvalue weighted by molar-refractivity contribution is 0.0447. The largest absolute Gasteiger partial charge is 0.508 e. The van der Waals surface area contributed by atoms with Crippen molar-refractivity contribution in [3.8, 4) is 22.9 Å². The number of aromatic nitrogens is 2. The summed E-state index contributed by atoms with van der Waals surface area (Å²) < 4.78 is 81.3. The second-order valence-corrected chi connectivity index (χ2v) is 13.3. The second kappa shape index (κ2) is 11.6. The lowest BCUT2D eigenvalue weighted by Crippen LogP contribution is -2.46. The molecular weight excluding hydrogens is 619 g/mol. The van der Waals surface area contributed by atoms with Crippen LogP contribution in [0, 0.1) is 17.5 Å². The van der Waals surface area contributed by atoms with Crippen LogP contribution < -0.4 is 9.64 Å². The first kappa shape index (κ1) is 31.6. The van der Waals surface area contributed by atoms with Crippen LogP contribution in [0.25, 0.3) is 32.8 Å². The molecule has 0 amide bonds. The van der Waals surface area contributed by atoms with Gasteiger partial charge in [-0.05, 0) is 98.2 Å². The number of phenolic OH excluding ortho intramolecular Hbond substituents is 1. The Balaban J connectivity index is 1.40. The van der Waals surface area contributed by atoms with Crippen LogP contribution in [-0.4, -0.2) is 69.0 Å². The minimum Gasteiger partial charge on any atom is -0.508 e. The number of aliphatic hydroxyl groups is 1. The van der Waals surface area contributed by atoms with Crippen molar-refractivity contribution < 1.29 is 36.9 Å². The maximum Gasteiger partial charge on any atom is 0.319 e. The molecule has 4 heterocycles. The van der Waals surface area contributed by atoms with Crippen LogP contribution in [0.5, 0.6) is 11.8 Å². The predicted octanol–water partition coefficient (Wildman–Crippen LogP) is 7.25. The number of aromatic hydroxyl groups is 1. The SMILES string of the molecule is CCc1c(F)ccc2cc(O)cc(-c3c(F)cc4c(N5CCC[C@@](C)(O)C5)nc(OCC56CCCN5CC(=C(F)F)C6)nc4c3F)c12. The minimum absolute atomic E-state index is 0.0154. The fourth-order valence-electron chi connectivity index (χ4n) is 7.82. The molecule has 3 aliphatic rings. The van der Waals surface area contributed by atoms with Crippen LogP contribution in [0.1, 0.15) is 51.5 Å². The van der Waals surface area contributed by atoms with E-state index < -0.39 is 40.2 Å². The van der Waals surface area contributed by atoms with E-state index in [9.17, 15) is 23.4 Å². The van der Waals surface area contributed by atoms with Crippen molar-refractivity contribution >= 4 is 27.5 Å². The average molecular weight is 655 g/mol. The van der Waals surface area contributed by atoms with Crippen LogP contribution in [-0.2, 0) is 6.42 Å². The highest BCUT2D eigenvalue weighted by atomic mass is 19.3. The molecule has 0 bridgehead atoms. The summed E-state index contributed by atoms with van der Waals surface area (Å²) in [6.07, 6.45) is 1.25. The molecule has 0 aliphatic carbocycles. The number of hydrogen-bond acceptors (Lipinski definition) is 7. The van der Waals surface area contributed by atoms with Crippen LogP contribution in [0.2, 0.25) is 0 Å². The zero-order chi connectivity index (χ0) is 33.2. The van der Waals surface area contributed by atoms with E-state index in [1.54, 1.807) is 18.7 Å². The summed E-state index contributed by atoms with van der Waals surface area (Å²) in [6.45, 7) is 4.77. The highest BCUT2D eigenvalue weighted by Gasteiger charge is 2.48. The number of phenols is 1. The third kappa shape index (κ3) is 5.44. The standard InChI is InChI=1S/C35H35F5N4O3/c1-3-22-25(36)7-6-19-12-21(45)13-23(27(19)22)28-26(37)14-24-30(29(28)38)41-33(42-32(24)43-10-4-8-34(2,46)17-43)47-18-35-9-5-11-44(35)16-20(15-35)31(39)40/h6-7,12-14,45-46H,3-5,8-11,15-18H2,1-2H3/t34-,35?/m1/s1. The molecule has 3 fully saturated rings. The first-order valence-electron chi connectivity index (χ1n) is 15.9. The van der Waals surface area contributed by atoms with Gasteiger partial charge in [0.25, 0.3) is 6.08 Å². The molecule has 4 aromatic rings. The van der Waals surface area contributed by atoms with Crippen molar-refractivity contribution in [3.63, 3.8) is 0 Å². The third-order valence-corrected chi connectivity index (χ3v) is 9.99. The van der Waals surface area contributed by atoms with Crippen molar-refractivity contribution in [1.82, 2.24) is 14.9 Å². The molecule has 2 N–H and O–H groups in total. The fraction of sp³-hybridized carbons (Fsp3) is 0.429. The van der Waals surface area contributed by atoms with E-state index in [1.165, 1.54) is 24.3 Å². The number of nitrogens with zero attached hydrogens (tertiary/aromatic N) is 4. The van der Waals surface area contributed by atoms with E-state index >= 15 is 8.78 Å². The van der Waals surface area contributed by atoms with Gasteiger partial charge in [0, 0.05) is 30.6 Å². The number of rotatable bonds is 6. The Morgan fingerprint density at radius 2 is 1.81 bits per heavy atom. The molecule has 3 saturated heterocycles. The topological polar surface area (TPSA) is 82.0 Å². The molecule has 0 radical (unpaired) electrons. The summed E-state index contributed by atoms with van der Waals surface area (Å²) in [5.74, 6) is -2.64. The number of piperidine rings is 1. The Kier molecular flexibility index (Phi) is 7.78. The molecule has 3 aliphatic heterocycles. The van der Waals surface area contributed by atoms with Crippen LogP contribution in [0.4, 0.5) is 27.8 Å². The van der Waals surface area contributed by atoms with Gasteiger partial charge < -0.3 is 19.8 Å². The molecule has 0 spiro atoms. The average Bonchev–Trinajstić information content (AvgIpc) is 3.58. The maximum atomic E-state index is 16.9. The van der Waals surface area contributed by atoms with E-state index in [0.29, 0.717) is 37.7 Å². The molecule has 7 rings (SSSR count). The van der Waals surface area contributed by atoms with E-state index in [4.69, 9.17) is 4.74 Å². The van der Waals surface area contributed by atoms with E-state index in [-0.39, 0.29) is 83.1 Å². The van der Waals surface area contributed by atoms with Gasteiger partial charge in [-0.2, -0.15) is 18.7 Å². The van der Waals surface area contributed by atoms with Crippen molar-refractivity contribution in [2.75, 3.05) is 37.7 Å². The fourth-order valence-corrected chi connectivity index (χ4v) is 7.82. The van der Waals surface area contributed by atoms with Crippen LogP contribution >= 0.6 is 0 Å². The number of anilines is 1. The van der Waals surface area contributed by atoms with Crippen molar-refractivity contribution in [3.05, 3.63) is 65.0 Å². The quantitative estimate of drug-likeness (QED) is 0.212. The molecule has 1 aromatic heterocycles. The van der Waals surface area contributed by atoms with E-state index in [1.807, 2.05) is 4.90 Å². The highest BCUT2D eigenvalue weighted by molar-refractivity contribution is 6.03. The summed E-state index contributed by atoms with van der Waals surface area (Å²) in [5, 5.41) is 22.1. The molecule has 2 atom stereocenters. The third-order valence-electron chi connectivity index (χ3n) is 9.99. The molecule has 47 heavy (non-hydrogen) atoms. The molecule has 12 heteroatoms. The van der Waals surface area contributed by atoms with Gasteiger partial charge >= 0.3 is 6.01 Å². The molecule has 0 saturated carbocycles. The number of halogens is 5. The molecule has 1 unspecified atom stereocenters. The van der Waals surface area contributed by atoms with Gasteiger partial charge in [-0.3, -0.25) is 4.90 Å². The van der Waals surface area contributed by atoms with Crippen molar-refractivity contribution in [1.29, 1.82) is 0 Å². The first-order valence-corrected chi connectivity index (χ1v) is 15.9. The minimum atomic E-state index is -1.69. The van der Waals surface area contributed by atoms with E-state index in [2.05, 4.69) is 9.97 Å². The Labute approximate surface area is 268 Å². The number of fused-ring (bicyclic) bond motifs is 3. The lowest BCUT2D eigenvalue weighted by atomic mass is 9.91. The maximum absolute atomic E-state index is 16.9. The van der Waals surface area contributed by atoms with Gasteiger partial charge in [0.1, 0.15) is 35.3 Å². The molecule has 7 nitrogen and oxygen atoms in total. The Hall–Kier alpha value is -4.03. The first-order chi connectivity index (χ1) is 22.4. The number of hydrogen-bond donors (Lipinski definition) is 2. The van der Waals surface area contributed by atoms with Crippen LogP contribution in [0.3, 0.4) is 0 Å². The zero-order valence-electron chi connectivity index (χ0n) is 26.1. The van der Waals surface area contributed by atoms with Crippen LogP contribution in [0.15, 0.2) is 42.0 Å².